The maximum absolute atomic E-state index is 12.3. The molecule has 1 aliphatic heterocycles. The van der Waals surface area contributed by atoms with E-state index in [1.165, 1.54) is 0 Å². The highest BCUT2D eigenvalue weighted by molar-refractivity contribution is 5.87. The second kappa shape index (κ2) is 5.39. The molecule has 5 nitrogen and oxygen atoms in total. The van der Waals surface area contributed by atoms with Gasteiger partial charge in [0.15, 0.2) is 0 Å². The zero-order valence-electron chi connectivity index (χ0n) is 11.8. The number of carbonyl (C=O) groups excluding carboxylic acids is 1. The van der Waals surface area contributed by atoms with Gasteiger partial charge in [0.1, 0.15) is 5.54 Å². The lowest BCUT2D eigenvalue weighted by molar-refractivity contribution is -0.148. The van der Waals surface area contributed by atoms with Gasteiger partial charge < -0.3 is 15.3 Å². The summed E-state index contributed by atoms with van der Waals surface area (Å²) in [7, 11) is 0. The lowest BCUT2D eigenvalue weighted by atomic mass is 9.91. The molecule has 0 spiro atoms. The molecule has 3 unspecified atom stereocenters. The van der Waals surface area contributed by atoms with Crippen LogP contribution >= 0.6 is 0 Å². The molecule has 19 heavy (non-hydrogen) atoms. The predicted octanol–water partition coefficient (Wildman–Crippen LogP) is 2.21. The van der Waals surface area contributed by atoms with Crippen LogP contribution in [0.5, 0.6) is 0 Å². The number of carbonyl (C=O) groups is 2. The Kier molecular flexibility index (Phi) is 4.02. The van der Waals surface area contributed by atoms with E-state index < -0.39 is 11.5 Å². The average Bonchev–Trinajstić information content (AvgIpc) is 2.97. The van der Waals surface area contributed by atoms with Crippen LogP contribution in [0.2, 0.25) is 0 Å². The monoisotopic (exact) mass is 268 g/mol. The fourth-order valence-electron chi connectivity index (χ4n) is 3.29. The minimum Gasteiger partial charge on any atom is -0.479 e. The van der Waals surface area contributed by atoms with E-state index in [0.717, 1.165) is 25.7 Å². The van der Waals surface area contributed by atoms with Crippen molar-refractivity contribution in [3.63, 3.8) is 0 Å². The molecule has 1 aliphatic carbocycles. The van der Waals surface area contributed by atoms with Crippen molar-refractivity contribution < 1.29 is 14.7 Å². The molecule has 0 aromatic carbocycles. The van der Waals surface area contributed by atoms with Crippen molar-refractivity contribution in [3.05, 3.63) is 0 Å². The summed E-state index contributed by atoms with van der Waals surface area (Å²) >= 11 is 0. The number of carboxylic acid groups (broad SMARTS) is 1. The first-order chi connectivity index (χ1) is 9.05. The minimum absolute atomic E-state index is 0.186. The SMILES string of the molecule is CCCC1(C(=O)O)CCCN1C(=O)NC1CC1CC. The van der Waals surface area contributed by atoms with Gasteiger partial charge >= 0.3 is 12.0 Å². The maximum atomic E-state index is 12.3. The number of amides is 2. The molecule has 0 aromatic heterocycles. The van der Waals surface area contributed by atoms with Gasteiger partial charge in [-0.1, -0.05) is 26.7 Å². The van der Waals surface area contributed by atoms with E-state index in [9.17, 15) is 14.7 Å². The fourth-order valence-corrected chi connectivity index (χ4v) is 3.29. The third-order valence-corrected chi connectivity index (χ3v) is 4.55. The molecule has 2 aliphatic rings. The quantitative estimate of drug-likeness (QED) is 0.803. The van der Waals surface area contributed by atoms with E-state index >= 15 is 0 Å². The molecule has 3 atom stereocenters. The molecule has 2 amide bonds. The van der Waals surface area contributed by atoms with Crippen molar-refractivity contribution in [3.8, 4) is 0 Å². The van der Waals surface area contributed by atoms with Crippen molar-refractivity contribution in [1.82, 2.24) is 10.2 Å². The molecule has 2 rings (SSSR count). The van der Waals surface area contributed by atoms with Crippen LogP contribution in [0.4, 0.5) is 4.79 Å². The van der Waals surface area contributed by atoms with Crippen molar-refractivity contribution in [2.24, 2.45) is 5.92 Å². The first-order valence-corrected chi connectivity index (χ1v) is 7.36. The molecule has 0 bridgehead atoms. The smallest absolute Gasteiger partial charge is 0.329 e. The maximum Gasteiger partial charge on any atom is 0.329 e. The van der Waals surface area contributed by atoms with Crippen LogP contribution < -0.4 is 5.32 Å². The molecule has 0 aromatic rings. The molecule has 0 radical (unpaired) electrons. The minimum atomic E-state index is -0.977. The Bertz CT molecular complexity index is 372. The highest BCUT2D eigenvalue weighted by Crippen LogP contribution is 2.36. The Morgan fingerprint density at radius 3 is 2.68 bits per heavy atom. The number of hydrogen-bond donors (Lipinski definition) is 2. The van der Waals surface area contributed by atoms with Gasteiger partial charge in [0.25, 0.3) is 0 Å². The van der Waals surface area contributed by atoms with Crippen LogP contribution in [0.1, 0.15) is 52.4 Å². The Morgan fingerprint density at radius 1 is 1.42 bits per heavy atom. The number of rotatable bonds is 5. The highest BCUT2D eigenvalue weighted by Gasteiger charge is 2.50. The summed E-state index contributed by atoms with van der Waals surface area (Å²) in [6.45, 7) is 4.64. The first-order valence-electron chi connectivity index (χ1n) is 7.36. The molecule has 1 saturated carbocycles. The number of hydrogen-bond acceptors (Lipinski definition) is 2. The van der Waals surface area contributed by atoms with E-state index in [1.54, 1.807) is 4.90 Å². The van der Waals surface area contributed by atoms with E-state index in [0.29, 0.717) is 25.3 Å². The first kappa shape index (κ1) is 14.2. The number of aliphatic carboxylic acids is 1. The molecule has 1 saturated heterocycles. The van der Waals surface area contributed by atoms with Crippen LogP contribution in [0, 0.1) is 5.92 Å². The largest absolute Gasteiger partial charge is 0.479 e. The van der Waals surface area contributed by atoms with E-state index in [4.69, 9.17) is 0 Å². The number of nitrogens with zero attached hydrogens (tertiary/aromatic N) is 1. The van der Waals surface area contributed by atoms with Crippen molar-refractivity contribution in [2.45, 2.75) is 64.0 Å². The van der Waals surface area contributed by atoms with Gasteiger partial charge in [-0.15, -0.1) is 0 Å². The summed E-state index contributed by atoms with van der Waals surface area (Å²) in [6.07, 6.45) is 4.77. The molecular weight excluding hydrogens is 244 g/mol. The third kappa shape index (κ3) is 2.55. The topological polar surface area (TPSA) is 69.6 Å². The van der Waals surface area contributed by atoms with Gasteiger partial charge in [0, 0.05) is 12.6 Å². The summed E-state index contributed by atoms with van der Waals surface area (Å²) in [5.41, 5.74) is -0.977. The van der Waals surface area contributed by atoms with Gasteiger partial charge in [0.2, 0.25) is 0 Å². The molecule has 2 N–H and O–H groups in total. The summed E-state index contributed by atoms with van der Waals surface area (Å²) in [5, 5.41) is 12.5. The Morgan fingerprint density at radius 2 is 2.16 bits per heavy atom. The summed E-state index contributed by atoms with van der Waals surface area (Å²) in [5.74, 6) is -0.276. The van der Waals surface area contributed by atoms with Gasteiger partial charge in [-0.25, -0.2) is 9.59 Å². The molecule has 2 fully saturated rings. The predicted molar refractivity (Wildman–Crippen MR) is 71.9 cm³/mol. The number of carboxylic acids is 1. The van der Waals surface area contributed by atoms with Gasteiger partial charge in [-0.2, -0.15) is 0 Å². The zero-order valence-corrected chi connectivity index (χ0v) is 11.8. The summed E-state index contributed by atoms with van der Waals surface area (Å²) in [6, 6.07) is 0.0699. The van der Waals surface area contributed by atoms with Crippen LogP contribution in [0.25, 0.3) is 0 Å². The van der Waals surface area contributed by atoms with Gasteiger partial charge in [-0.05, 0) is 31.6 Å². The third-order valence-electron chi connectivity index (χ3n) is 4.55. The van der Waals surface area contributed by atoms with Crippen LogP contribution in [0.15, 0.2) is 0 Å². The van der Waals surface area contributed by atoms with Gasteiger partial charge in [-0.3, -0.25) is 0 Å². The second-order valence-electron chi connectivity index (χ2n) is 5.80. The Labute approximate surface area is 114 Å². The fraction of sp³-hybridized carbons (Fsp3) is 0.857. The molecule has 108 valence electrons. The van der Waals surface area contributed by atoms with Crippen molar-refractivity contribution in [1.29, 1.82) is 0 Å². The number of likely N-dealkylation sites (tertiary alicyclic amines) is 1. The second-order valence-corrected chi connectivity index (χ2v) is 5.80. The summed E-state index contributed by atoms with van der Waals surface area (Å²) in [4.78, 5) is 25.5. The summed E-state index contributed by atoms with van der Waals surface area (Å²) < 4.78 is 0. The van der Waals surface area contributed by atoms with Crippen LogP contribution in [-0.2, 0) is 4.79 Å². The Balaban J connectivity index is 2.04. The average molecular weight is 268 g/mol. The zero-order chi connectivity index (χ0) is 14.0. The molecular formula is C14H24N2O3. The Hall–Kier alpha value is -1.26. The standard InChI is InChI=1S/C14H24N2O3/c1-3-6-14(12(17)18)7-5-8-16(14)13(19)15-11-9-10(11)4-2/h10-11H,3-9H2,1-2H3,(H,15,19)(H,17,18). The van der Waals surface area contributed by atoms with Gasteiger partial charge in [0.05, 0.1) is 0 Å². The highest BCUT2D eigenvalue weighted by atomic mass is 16.4. The number of urea groups is 1. The normalized spacial score (nSPS) is 33.3. The van der Waals surface area contributed by atoms with Crippen LogP contribution in [-0.4, -0.2) is 40.1 Å². The molecule has 1 heterocycles. The van der Waals surface area contributed by atoms with E-state index in [1.807, 2.05) is 6.92 Å². The molecule has 5 heteroatoms. The van der Waals surface area contributed by atoms with Crippen LogP contribution in [0.3, 0.4) is 0 Å². The van der Waals surface area contributed by atoms with E-state index in [2.05, 4.69) is 12.2 Å². The number of nitrogens with one attached hydrogen (secondary N) is 1. The van der Waals surface area contributed by atoms with Crippen molar-refractivity contribution in [2.75, 3.05) is 6.54 Å². The lowest BCUT2D eigenvalue weighted by Gasteiger charge is -2.34. The van der Waals surface area contributed by atoms with Crippen molar-refractivity contribution >= 4 is 12.0 Å². The van der Waals surface area contributed by atoms with E-state index in [-0.39, 0.29) is 12.1 Å². The lowest BCUT2D eigenvalue weighted by Crippen LogP contribution is -2.56.